The Labute approximate surface area is 78.6 Å². The average molecular weight is 183 g/mol. The van der Waals surface area contributed by atoms with Crippen LogP contribution in [0, 0.1) is 0 Å². The van der Waals surface area contributed by atoms with Gasteiger partial charge in [-0.15, -0.1) is 0 Å². The standard InChI is InChI=1S/C9H17N3O/c1-7(13)4-10-8(2)9-5-11-12(3)6-9/h5-8,10,13H,4H2,1-3H3/t7-,8-/m1/s1. The van der Waals surface area contributed by atoms with Gasteiger partial charge < -0.3 is 10.4 Å². The van der Waals surface area contributed by atoms with Crippen LogP contribution in [0.4, 0.5) is 0 Å². The van der Waals surface area contributed by atoms with Crippen molar-refractivity contribution < 1.29 is 5.11 Å². The van der Waals surface area contributed by atoms with Gasteiger partial charge in [0.1, 0.15) is 0 Å². The molecule has 1 rings (SSSR count). The summed E-state index contributed by atoms with van der Waals surface area (Å²) in [6.07, 6.45) is 3.50. The molecule has 0 fully saturated rings. The molecule has 0 aliphatic carbocycles. The number of aliphatic hydroxyl groups excluding tert-OH is 1. The summed E-state index contributed by atoms with van der Waals surface area (Å²) in [6, 6.07) is 0.239. The molecule has 4 nitrogen and oxygen atoms in total. The number of aliphatic hydroxyl groups is 1. The first-order valence-electron chi connectivity index (χ1n) is 4.49. The van der Waals surface area contributed by atoms with Crippen molar-refractivity contribution in [3.63, 3.8) is 0 Å². The van der Waals surface area contributed by atoms with Crippen LogP contribution in [0.2, 0.25) is 0 Å². The molecule has 74 valence electrons. The summed E-state index contributed by atoms with van der Waals surface area (Å²) in [4.78, 5) is 0. The first-order chi connectivity index (χ1) is 6.09. The lowest BCUT2D eigenvalue weighted by molar-refractivity contribution is 0.187. The second kappa shape index (κ2) is 4.39. The molecule has 0 saturated carbocycles. The van der Waals surface area contributed by atoms with Crippen molar-refractivity contribution in [3.8, 4) is 0 Å². The summed E-state index contributed by atoms with van der Waals surface area (Å²) >= 11 is 0. The minimum absolute atomic E-state index is 0.239. The molecule has 1 aromatic heterocycles. The number of nitrogens with one attached hydrogen (secondary N) is 1. The second-order valence-corrected chi connectivity index (χ2v) is 3.43. The van der Waals surface area contributed by atoms with Crippen molar-refractivity contribution in [3.05, 3.63) is 18.0 Å². The van der Waals surface area contributed by atoms with E-state index in [0.29, 0.717) is 6.54 Å². The van der Waals surface area contributed by atoms with Crippen molar-refractivity contribution in [2.75, 3.05) is 6.54 Å². The van der Waals surface area contributed by atoms with Gasteiger partial charge in [-0.1, -0.05) is 0 Å². The fourth-order valence-electron chi connectivity index (χ4n) is 1.13. The van der Waals surface area contributed by atoms with Gasteiger partial charge in [-0.2, -0.15) is 5.10 Å². The summed E-state index contributed by atoms with van der Waals surface area (Å²) in [5.74, 6) is 0. The molecule has 1 heterocycles. The van der Waals surface area contributed by atoms with Gasteiger partial charge in [0.2, 0.25) is 0 Å². The highest BCUT2D eigenvalue weighted by Gasteiger charge is 2.07. The first kappa shape index (κ1) is 10.2. The van der Waals surface area contributed by atoms with Gasteiger partial charge in [-0.25, -0.2) is 0 Å². The maximum absolute atomic E-state index is 9.07. The average Bonchev–Trinajstić information content (AvgIpc) is 2.47. The van der Waals surface area contributed by atoms with E-state index >= 15 is 0 Å². The molecular formula is C9H17N3O. The van der Waals surface area contributed by atoms with E-state index in [0.717, 1.165) is 5.56 Å². The zero-order valence-electron chi connectivity index (χ0n) is 8.36. The van der Waals surface area contributed by atoms with E-state index in [2.05, 4.69) is 17.3 Å². The highest BCUT2D eigenvalue weighted by molar-refractivity contribution is 5.08. The molecule has 0 amide bonds. The monoisotopic (exact) mass is 183 g/mol. The topological polar surface area (TPSA) is 50.1 Å². The third-order valence-corrected chi connectivity index (χ3v) is 1.94. The Balaban J connectivity index is 2.44. The fraction of sp³-hybridized carbons (Fsp3) is 0.667. The Bertz CT molecular complexity index is 257. The van der Waals surface area contributed by atoms with Crippen LogP contribution in [0.25, 0.3) is 0 Å². The number of rotatable bonds is 4. The van der Waals surface area contributed by atoms with E-state index in [-0.39, 0.29) is 12.1 Å². The predicted octanol–water partition coefficient (Wildman–Crippen LogP) is 0.451. The molecule has 0 saturated heterocycles. The zero-order valence-corrected chi connectivity index (χ0v) is 8.36. The fourth-order valence-corrected chi connectivity index (χ4v) is 1.13. The second-order valence-electron chi connectivity index (χ2n) is 3.43. The molecule has 2 atom stereocenters. The largest absolute Gasteiger partial charge is 0.392 e. The van der Waals surface area contributed by atoms with Crippen LogP contribution in [0.5, 0.6) is 0 Å². The minimum atomic E-state index is -0.306. The van der Waals surface area contributed by atoms with Gasteiger partial charge in [-0.3, -0.25) is 4.68 Å². The zero-order chi connectivity index (χ0) is 9.84. The molecule has 0 unspecified atom stereocenters. The molecule has 0 aliphatic rings. The molecule has 0 aliphatic heterocycles. The van der Waals surface area contributed by atoms with E-state index in [1.807, 2.05) is 19.4 Å². The molecule has 0 aromatic carbocycles. The third kappa shape index (κ3) is 3.16. The molecule has 13 heavy (non-hydrogen) atoms. The van der Waals surface area contributed by atoms with Gasteiger partial charge >= 0.3 is 0 Å². The molecule has 2 N–H and O–H groups in total. The Kier molecular flexibility index (Phi) is 3.45. The Morgan fingerprint density at radius 2 is 2.31 bits per heavy atom. The van der Waals surface area contributed by atoms with Crippen LogP contribution in [0.3, 0.4) is 0 Å². The quantitative estimate of drug-likeness (QED) is 0.712. The minimum Gasteiger partial charge on any atom is -0.392 e. The van der Waals surface area contributed by atoms with Gasteiger partial charge in [0, 0.05) is 31.4 Å². The van der Waals surface area contributed by atoms with Crippen molar-refractivity contribution in [1.82, 2.24) is 15.1 Å². The summed E-state index contributed by atoms with van der Waals surface area (Å²) in [5.41, 5.74) is 1.14. The number of hydrogen-bond acceptors (Lipinski definition) is 3. The SMILES string of the molecule is C[C@@H](O)CN[C@H](C)c1cnn(C)c1. The van der Waals surface area contributed by atoms with E-state index in [1.54, 1.807) is 11.6 Å². The number of nitrogens with zero attached hydrogens (tertiary/aromatic N) is 2. The van der Waals surface area contributed by atoms with Gasteiger partial charge in [0.05, 0.1) is 12.3 Å². The first-order valence-corrected chi connectivity index (χ1v) is 4.49. The summed E-state index contributed by atoms with van der Waals surface area (Å²) in [7, 11) is 1.89. The van der Waals surface area contributed by atoms with Crippen LogP contribution >= 0.6 is 0 Å². The summed E-state index contributed by atoms with van der Waals surface area (Å²) < 4.78 is 1.77. The highest BCUT2D eigenvalue weighted by atomic mass is 16.3. The lowest BCUT2D eigenvalue weighted by atomic mass is 10.2. The molecule has 1 aromatic rings. The molecule has 4 heteroatoms. The maximum atomic E-state index is 9.07. The van der Waals surface area contributed by atoms with Gasteiger partial charge in [0.25, 0.3) is 0 Å². The Morgan fingerprint density at radius 3 is 2.77 bits per heavy atom. The van der Waals surface area contributed by atoms with Crippen LogP contribution in [-0.4, -0.2) is 27.5 Å². The number of aryl methyl sites for hydroxylation is 1. The number of aromatic nitrogens is 2. The normalized spacial score (nSPS) is 15.7. The van der Waals surface area contributed by atoms with Crippen LogP contribution in [-0.2, 0) is 7.05 Å². The maximum Gasteiger partial charge on any atom is 0.0636 e. The summed E-state index contributed by atoms with van der Waals surface area (Å²) in [6.45, 7) is 4.43. The van der Waals surface area contributed by atoms with Crippen LogP contribution in [0.1, 0.15) is 25.5 Å². The third-order valence-electron chi connectivity index (χ3n) is 1.94. The Hall–Kier alpha value is -0.870. The van der Waals surface area contributed by atoms with Crippen LogP contribution in [0.15, 0.2) is 12.4 Å². The van der Waals surface area contributed by atoms with Crippen molar-refractivity contribution in [2.45, 2.75) is 26.0 Å². The van der Waals surface area contributed by atoms with Crippen LogP contribution < -0.4 is 5.32 Å². The lowest BCUT2D eigenvalue weighted by Gasteiger charge is -2.12. The van der Waals surface area contributed by atoms with Crippen molar-refractivity contribution >= 4 is 0 Å². The van der Waals surface area contributed by atoms with E-state index in [9.17, 15) is 0 Å². The smallest absolute Gasteiger partial charge is 0.0636 e. The van der Waals surface area contributed by atoms with Crippen molar-refractivity contribution in [1.29, 1.82) is 0 Å². The number of hydrogen-bond donors (Lipinski definition) is 2. The highest BCUT2D eigenvalue weighted by Crippen LogP contribution is 2.09. The molecule has 0 radical (unpaired) electrons. The van der Waals surface area contributed by atoms with E-state index in [1.165, 1.54) is 0 Å². The van der Waals surface area contributed by atoms with Gasteiger partial charge in [-0.05, 0) is 13.8 Å². The molecule has 0 spiro atoms. The molecule has 0 bridgehead atoms. The van der Waals surface area contributed by atoms with Crippen molar-refractivity contribution in [2.24, 2.45) is 7.05 Å². The molecular weight excluding hydrogens is 166 g/mol. The van der Waals surface area contributed by atoms with Gasteiger partial charge in [0.15, 0.2) is 0 Å². The lowest BCUT2D eigenvalue weighted by Crippen LogP contribution is -2.26. The van der Waals surface area contributed by atoms with E-state index < -0.39 is 0 Å². The van der Waals surface area contributed by atoms with E-state index in [4.69, 9.17) is 5.11 Å². The predicted molar refractivity (Wildman–Crippen MR) is 51.3 cm³/mol. The summed E-state index contributed by atoms with van der Waals surface area (Å²) in [5, 5.41) is 16.4. The Morgan fingerprint density at radius 1 is 1.62 bits per heavy atom.